The summed E-state index contributed by atoms with van der Waals surface area (Å²) in [6.45, 7) is 1.47. The number of amidine groups is 2. The summed E-state index contributed by atoms with van der Waals surface area (Å²) in [4.78, 5) is 13.2. The van der Waals surface area contributed by atoms with Crippen molar-refractivity contribution in [2.75, 3.05) is 18.5 Å². The predicted molar refractivity (Wildman–Crippen MR) is 119 cm³/mol. The molecule has 2 aromatic rings. The van der Waals surface area contributed by atoms with Gasteiger partial charge >= 0.3 is 6.68 Å². The summed E-state index contributed by atoms with van der Waals surface area (Å²) in [6, 6.07) is 7.07. The quantitative estimate of drug-likeness (QED) is 0.630. The van der Waals surface area contributed by atoms with Crippen molar-refractivity contribution in [2.24, 2.45) is 15.7 Å². The van der Waals surface area contributed by atoms with E-state index in [0.717, 1.165) is 11.3 Å². The van der Waals surface area contributed by atoms with Crippen LogP contribution in [0.3, 0.4) is 0 Å². The molecule has 0 spiro atoms. The van der Waals surface area contributed by atoms with Gasteiger partial charge in [0, 0.05) is 23.2 Å². The number of anilines is 1. The largest absolute Gasteiger partial charge is 0.492 e. The number of benzene rings is 1. The highest BCUT2D eigenvalue weighted by atomic mass is 19.4. The average Bonchev–Trinajstić information content (AvgIpc) is 2.73. The zero-order valence-corrected chi connectivity index (χ0v) is 17.5. The van der Waals surface area contributed by atoms with E-state index >= 15 is 0 Å². The van der Waals surface area contributed by atoms with Crippen LogP contribution in [0, 0.1) is 5.82 Å². The normalized spacial score (nSPS) is 18.9. The monoisotopic (exact) mass is 469 g/mol. The highest BCUT2D eigenvalue weighted by molar-refractivity contribution is 6.08. The number of hydrogen-bond acceptors (Lipinski definition) is 7. The lowest BCUT2D eigenvalue weighted by atomic mass is 9.87. The van der Waals surface area contributed by atoms with Crippen LogP contribution in [0.5, 0.6) is 5.75 Å². The highest BCUT2D eigenvalue weighted by Gasteiger charge is 2.34. The first kappa shape index (κ1) is 25.9. The third kappa shape index (κ3) is 6.33. The van der Waals surface area contributed by atoms with Crippen molar-refractivity contribution in [1.82, 2.24) is 4.98 Å². The fourth-order valence-corrected chi connectivity index (χ4v) is 3.40. The van der Waals surface area contributed by atoms with Crippen LogP contribution >= 0.6 is 0 Å². The van der Waals surface area contributed by atoms with Crippen LogP contribution in [0.1, 0.15) is 44.5 Å². The van der Waals surface area contributed by atoms with Gasteiger partial charge in [-0.1, -0.05) is 7.43 Å². The van der Waals surface area contributed by atoms with Crippen LogP contribution in [0.25, 0.3) is 0 Å². The van der Waals surface area contributed by atoms with Gasteiger partial charge in [-0.15, -0.1) is 0 Å². The van der Waals surface area contributed by atoms with Crippen molar-refractivity contribution in [3.63, 3.8) is 0 Å². The fourth-order valence-electron chi connectivity index (χ4n) is 3.40. The Hall–Kier alpha value is -3.37. The standard InChI is InChI=1S/C20H22FN5O2.CHF3.CH4/c1-3-27-13-4-5-16(23-11-13)18-24-10-12-8-15(21)14(9-17(12)25-18)20(2)6-7-28-19(22)26-20;2-1(3)4;/h4-5,8-9,11H,3,6-7,10H2,1-2H3,(H2,22,26)(H,24,25);1H;1H4/t20-;;/m0../s1. The number of pyridine rings is 1. The van der Waals surface area contributed by atoms with E-state index in [2.05, 4.69) is 20.3 Å². The fraction of sp³-hybridized carbons (Fsp3) is 0.409. The van der Waals surface area contributed by atoms with Crippen molar-refractivity contribution in [3.05, 3.63) is 53.1 Å². The minimum atomic E-state index is -3.67. The van der Waals surface area contributed by atoms with Gasteiger partial charge in [0.05, 0.1) is 31.5 Å². The van der Waals surface area contributed by atoms with Crippen LogP contribution in [0.2, 0.25) is 0 Å². The summed E-state index contributed by atoms with van der Waals surface area (Å²) in [5, 5.41) is 3.27. The molecule has 7 nitrogen and oxygen atoms in total. The van der Waals surface area contributed by atoms with Gasteiger partial charge in [0.25, 0.3) is 6.02 Å². The third-order valence-corrected chi connectivity index (χ3v) is 4.92. The molecular formula is C22H27F4N5O2. The van der Waals surface area contributed by atoms with E-state index in [1.165, 1.54) is 6.07 Å². The van der Waals surface area contributed by atoms with E-state index in [1.807, 2.05) is 26.0 Å². The predicted octanol–water partition coefficient (Wildman–Crippen LogP) is 4.76. The Morgan fingerprint density at radius 1 is 1.27 bits per heavy atom. The second-order valence-corrected chi connectivity index (χ2v) is 7.16. The lowest BCUT2D eigenvalue weighted by Gasteiger charge is -2.31. The summed E-state index contributed by atoms with van der Waals surface area (Å²) in [5.41, 5.74) is 7.69. The van der Waals surface area contributed by atoms with Gasteiger partial charge in [0.15, 0.2) is 5.84 Å². The van der Waals surface area contributed by atoms with Crippen molar-refractivity contribution in [1.29, 1.82) is 0 Å². The summed E-state index contributed by atoms with van der Waals surface area (Å²) in [5.74, 6) is 1.02. The summed E-state index contributed by atoms with van der Waals surface area (Å²) in [6.07, 6.45) is 2.21. The number of hydrogen-bond donors (Lipinski definition) is 2. The molecule has 0 saturated heterocycles. The molecule has 0 bridgehead atoms. The number of alkyl halides is 3. The summed E-state index contributed by atoms with van der Waals surface area (Å²) in [7, 11) is 0. The van der Waals surface area contributed by atoms with E-state index in [-0.39, 0.29) is 19.3 Å². The van der Waals surface area contributed by atoms with Crippen LogP contribution in [0.15, 0.2) is 40.4 Å². The van der Waals surface area contributed by atoms with E-state index in [9.17, 15) is 17.6 Å². The van der Waals surface area contributed by atoms with E-state index in [4.69, 9.17) is 15.2 Å². The van der Waals surface area contributed by atoms with E-state index in [0.29, 0.717) is 49.0 Å². The topological polar surface area (TPSA) is 94.1 Å². The first-order valence-electron chi connectivity index (χ1n) is 9.86. The number of nitrogens with one attached hydrogen (secondary N) is 1. The summed E-state index contributed by atoms with van der Waals surface area (Å²) >= 11 is 0. The lowest BCUT2D eigenvalue weighted by Crippen LogP contribution is -2.34. The molecule has 180 valence electrons. The molecule has 2 aliphatic heterocycles. The molecule has 1 aromatic carbocycles. The molecule has 1 atom stereocenters. The molecule has 0 unspecified atom stereocenters. The number of nitrogens with two attached hydrogens (primary N) is 1. The third-order valence-electron chi connectivity index (χ3n) is 4.92. The van der Waals surface area contributed by atoms with Crippen LogP contribution in [-0.4, -0.2) is 36.7 Å². The summed E-state index contributed by atoms with van der Waals surface area (Å²) < 4.78 is 54.4. The Bertz CT molecular complexity index is 1010. The second-order valence-electron chi connectivity index (χ2n) is 7.16. The molecule has 4 rings (SSSR count). The van der Waals surface area contributed by atoms with Crippen molar-refractivity contribution >= 4 is 17.5 Å². The smallest absolute Gasteiger partial charge is 0.379 e. The Balaban J connectivity index is 0.000000714. The maximum atomic E-state index is 14.8. The maximum absolute atomic E-state index is 14.8. The van der Waals surface area contributed by atoms with E-state index < -0.39 is 12.2 Å². The van der Waals surface area contributed by atoms with Crippen LogP contribution < -0.4 is 15.8 Å². The Morgan fingerprint density at radius 3 is 2.61 bits per heavy atom. The van der Waals surface area contributed by atoms with Crippen LogP contribution in [-0.2, 0) is 16.8 Å². The van der Waals surface area contributed by atoms with Crippen LogP contribution in [0.4, 0.5) is 23.2 Å². The number of rotatable bonds is 4. The molecule has 0 aliphatic carbocycles. The Labute approximate surface area is 189 Å². The Kier molecular flexibility index (Phi) is 8.61. The van der Waals surface area contributed by atoms with Crippen molar-refractivity contribution in [3.8, 4) is 5.75 Å². The zero-order valence-electron chi connectivity index (χ0n) is 17.5. The number of fused-ring (bicyclic) bond motifs is 1. The van der Waals surface area contributed by atoms with Crippen molar-refractivity contribution in [2.45, 2.75) is 46.5 Å². The molecule has 3 heterocycles. The maximum Gasteiger partial charge on any atom is 0.379 e. The van der Waals surface area contributed by atoms with Crippen molar-refractivity contribution < 1.29 is 27.0 Å². The molecule has 11 heteroatoms. The number of aromatic nitrogens is 1. The molecule has 0 radical (unpaired) electrons. The molecular weight excluding hydrogens is 442 g/mol. The SMILES string of the molecule is C.CCOc1ccc(C2=NCc3cc(F)c([C@]4(C)CCOC(N)=N4)cc3N2)nc1.FC(F)F. The molecule has 0 fully saturated rings. The molecule has 33 heavy (non-hydrogen) atoms. The highest BCUT2D eigenvalue weighted by Crippen LogP contribution is 2.37. The molecule has 0 amide bonds. The zero-order chi connectivity index (χ0) is 23.3. The number of ether oxygens (including phenoxy) is 2. The van der Waals surface area contributed by atoms with Gasteiger partial charge in [-0.3, -0.25) is 4.99 Å². The molecule has 0 saturated carbocycles. The average molecular weight is 469 g/mol. The first-order chi connectivity index (χ1) is 15.2. The number of nitrogens with zero attached hydrogens (tertiary/aromatic N) is 3. The van der Waals surface area contributed by atoms with E-state index in [1.54, 1.807) is 12.3 Å². The van der Waals surface area contributed by atoms with Gasteiger partial charge in [0.2, 0.25) is 0 Å². The first-order valence-corrected chi connectivity index (χ1v) is 9.86. The molecule has 1 aromatic heterocycles. The Morgan fingerprint density at radius 2 is 2.00 bits per heavy atom. The minimum Gasteiger partial charge on any atom is -0.492 e. The number of aliphatic imine (C=N–C) groups is 2. The van der Waals surface area contributed by atoms with Gasteiger partial charge in [-0.2, -0.15) is 13.2 Å². The van der Waals surface area contributed by atoms with Gasteiger partial charge in [-0.25, -0.2) is 14.4 Å². The number of halogens is 4. The molecule has 2 aliphatic rings. The molecule has 3 N–H and O–H groups in total. The second kappa shape index (κ2) is 11.0. The van der Waals surface area contributed by atoms with Gasteiger partial charge in [0.1, 0.15) is 17.3 Å². The minimum absolute atomic E-state index is 0. The lowest BCUT2D eigenvalue weighted by molar-refractivity contribution is 0.00819. The van der Waals surface area contributed by atoms with Gasteiger partial charge < -0.3 is 20.5 Å². The van der Waals surface area contributed by atoms with Gasteiger partial charge in [-0.05, 0) is 38.1 Å².